The lowest BCUT2D eigenvalue weighted by molar-refractivity contribution is -0.126. The van der Waals surface area contributed by atoms with Crippen molar-refractivity contribution in [2.75, 3.05) is 19.8 Å². The van der Waals surface area contributed by atoms with Gasteiger partial charge in [-0.25, -0.2) is 9.37 Å². The number of amides is 1. The van der Waals surface area contributed by atoms with Crippen LogP contribution in [0, 0.1) is 5.82 Å². The molecule has 0 unspecified atom stereocenters. The van der Waals surface area contributed by atoms with Crippen LogP contribution in [0.15, 0.2) is 72.9 Å². The van der Waals surface area contributed by atoms with Gasteiger partial charge < -0.3 is 19.5 Å². The van der Waals surface area contributed by atoms with E-state index in [0.29, 0.717) is 31.4 Å². The van der Waals surface area contributed by atoms with E-state index in [9.17, 15) is 9.18 Å². The van der Waals surface area contributed by atoms with Gasteiger partial charge in [0.15, 0.2) is 0 Å². The fraction of sp³-hybridized carbons (Fsp3) is 0.182. The molecule has 2 aromatic carbocycles. The molecule has 0 bridgehead atoms. The van der Waals surface area contributed by atoms with Crippen molar-refractivity contribution in [3.63, 3.8) is 0 Å². The van der Waals surface area contributed by atoms with Crippen molar-refractivity contribution in [1.82, 2.24) is 10.3 Å². The molecule has 29 heavy (non-hydrogen) atoms. The first-order chi connectivity index (χ1) is 14.2. The predicted octanol–water partition coefficient (Wildman–Crippen LogP) is 3.72. The summed E-state index contributed by atoms with van der Waals surface area (Å²) in [5.41, 5.74) is 0.817. The van der Waals surface area contributed by atoms with E-state index in [-0.39, 0.29) is 18.3 Å². The Morgan fingerprint density at radius 2 is 1.76 bits per heavy atom. The van der Waals surface area contributed by atoms with Gasteiger partial charge in [0, 0.05) is 18.8 Å². The third-order valence-electron chi connectivity index (χ3n) is 3.80. The molecule has 0 atom stereocenters. The Morgan fingerprint density at radius 1 is 0.966 bits per heavy atom. The van der Waals surface area contributed by atoms with E-state index in [1.165, 1.54) is 24.3 Å². The summed E-state index contributed by atoms with van der Waals surface area (Å²) in [4.78, 5) is 16.0. The minimum atomic E-state index is -0.337. The Hall–Kier alpha value is -3.45. The lowest BCUT2D eigenvalue weighted by atomic mass is 10.2. The number of benzene rings is 2. The number of nitrogens with zero attached hydrogens (tertiary/aromatic N) is 1. The molecule has 1 heterocycles. The highest BCUT2D eigenvalue weighted by Gasteiger charge is 2.05. The quantitative estimate of drug-likeness (QED) is 0.529. The second-order valence-electron chi connectivity index (χ2n) is 6.05. The van der Waals surface area contributed by atoms with E-state index in [1.54, 1.807) is 18.3 Å². The van der Waals surface area contributed by atoms with Gasteiger partial charge >= 0.3 is 0 Å². The highest BCUT2D eigenvalue weighted by Crippen LogP contribution is 2.20. The zero-order valence-electron chi connectivity index (χ0n) is 15.7. The lowest BCUT2D eigenvalue weighted by Gasteiger charge is -2.09. The predicted molar refractivity (Wildman–Crippen MR) is 105 cm³/mol. The molecule has 1 aromatic heterocycles. The topological polar surface area (TPSA) is 69.7 Å². The molecule has 0 spiro atoms. The number of carbonyl (C=O) groups excluding carboxylic acids is 1. The number of aromatic nitrogens is 1. The SMILES string of the molecule is O=C(COCCOc1ccccc1)NCc1ccnc(Oc2ccc(F)cc2)c1. The summed E-state index contributed by atoms with van der Waals surface area (Å²) in [5.74, 6) is 1.03. The van der Waals surface area contributed by atoms with E-state index in [2.05, 4.69) is 10.3 Å². The molecule has 0 aliphatic carbocycles. The molecule has 150 valence electrons. The number of rotatable bonds is 10. The molecule has 0 fully saturated rings. The van der Waals surface area contributed by atoms with Crippen LogP contribution in [-0.4, -0.2) is 30.7 Å². The fourth-order valence-electron chi connectivity index (χ4n) is 2.39. The first-order valence-corrected chi connectivity index (χ1v) is 9.10. The van der Waals surface area contributed by atoms with Crippen LogP contribution in [0.4, 0.5) is 4.39 Å². The summed E-state index contributed by atoms with van der Waals surface area (Å²) in [7, 11) is 0. The number of para-hydroxylation sites is 1. The molecule has 1 amide bonds. The van der Waals surface area contributed by atoms with Crippen molar-refractivity contribution in [3.05, 3.63) is 84.3 Å². The van der Waals surface area contributed by atoms with Crippen LogP contribution in [0.3, 0.4) is 0 Å². The van der Waals surface area contributed by atoms with Crippen molar-refractivity contribution in [1.29, 1.82) is 0 Å². The van der Waals surface area contributed by atoms with E-state index in [0.717, 1.165) is 11.3 Å². The number of carbonyl (C=O) groups is 1. The minimum absolute atomic E-state index is 0.0534. The van der Waals surface area contributed by atoms with Crippen molar-refractivity contribution in [2.24, 2.45) is 0 Å². The number of nitrogens with one attached hydrogen (secondary N) is 1. The van der Waals surface area contributed by atoms with Gasteiger partial charge in [-0.2, -0.15) is 0 Å². The molecule has 6 nitrogen and oxygen atoms in total. The number of halogens is 1. The molecule has 7 heteroatoms. The zero-order valence-corrected chi connectivity index (χ0v) is 15.7. The van der Waals surface area contributed by atoms with Crippen molar-refractivity contribution in [2.45, 2.75) is 6.54 Å². The maximum atomic E-state index is 12.9. The molecule has 3 aromatic rings. The Kier molecular flexibility index (Phi) is 7.54. The fourth-order valence-corrected chi connectivity index (χ4v) is 2.39. The highest BCUT2D eigenvalue weighted by molar-refractivity contribution is 5.77. The Labute approximate surface area is 168 Å². The average molecular weight is 396 g/mol. The third-order valence-corrected chi connectivity index (χ3v) is 3.80. The van der Waals surface area contributed by atoms with Gasteiger partial charge in [0.1, 0.15) is 30.5 Å². The van der Waals surface area contributed by atoms with Crippen LogP contribution in [0.5, 0.6) is 17.4 Å². The van der Waals surface area contributed by atoms with Gasteiger partial charge in [0.05, 0.1) is 6.61 Å². The van der Waals surface area contributed by atoms with Crippen LogP contribution in [0.1, 0.15) is 5.56 Å². The minimum Gasteiger partial charge on any atom is -0.491 e. The summed E-state index contributed by atoms with van der Waals surface area (Å²) in [5, 5.41) is 2.77. The summed E-state index contributed by atoms with van der Waals surface area (Å²) in [6.07, 6.45) is 1.58. The standard InChI is InChI=1S/C22H21FN2O4/c23-18-6-8-20(9-7-18)29-22-14-17(10-11-24-22)15-25-21(26)16-27-12-13-28-19-4-2-1-3-5-19/h1-11,14H,12-13,15-16H2,(H,25,26). The maximum absolute atomic E-state index is 12.9. The number of ether oxygens (including phenoxy) is 3. The van der Waals surface area contributed by atoms with E-state index in [4.69, 9.17) is 14.2 Å². The highest BCUT2D eigenvalue weighted by atomic mass is 19.1. The summed E-state index contributed by atoms with van der Waals surface area (Å²) in [6, 6.07) is 18.5. The van der Waals surface area contributed by atoms with Crippen LogP contribution in [0.2, 0.25) is 0 Å². The lowest BCUT2D eigenvalue weighted by Crippen LogP contribution is -2.27. The van der Waals surface area contributed by atoms with Crippen molar-refractivity contribution < 1.29 is 23.4 Å². The van der Waals surface area contributed by atoms with Crippen molar-refractivity contribution >= 4 is 5.91 Å². The van der Waals surface area contributed by atoms with E-state index in [1.807, 2.05) is 30.3 Å². The van der Waals surface area contributed by atoms with Gasteiger partial charge in [-0.1, -0.05) is 18.2 Å². The molecule has 1 N–H and O–H groups in total. The van der Waals surface area contributed by atoms with Gasteiger partial charge in [-0.05, 0) is 48.0 Å². The smallest absolute Gasteiger partial charge is 0.246 e. The van der Waals surface area contributed by atoms with Gasteiger partial charge in [0.25, 0.3) is 0 Å². The summed E-state index contributed by atoms with van der Waals surface area (Å²) in [6.45, 7) is 0.937. The molecule has 0 radical (unpaired) electrons. The van der Waals surface area contributed by atoms with Crippen LogP contribution in [-0.2, 0) is 16.1 Å². The molecule has 0 saturated heterocycles. The molecule has 0 aliphatic rings. The third kappa shape index (κ3) is 7.23. The van der Waals surface area contributed by atoms with E-state index < -0.39 is 0 Å². The Morgan fingerprint density at radius 3 is 2.55 bits per heavy atom. The Balaban J connectivity index is 1.36. The molecule has 0 saturated carbocycles. The molecule has 3 rings (SSSR count). The second-order valence-corrected chi connectivity index (χ2v) is 6.05. The maximum Gasteiger partial charge on any atom is 0.246 e. The molecular formula is C22H21FN2O4. The number of hydrogen-bond acceptors (Lipinski definition) is 5. The van der Waals surface area contributed by atoms with E-state index >= 15 is 0 Å². The van der Waals surface area contributed by atoms with Crippen LogP contribution in [0.25, 0.3) is 0 Å². The van der Waals surface area contributed by atoms with Gasteiger partial charge in [0.2, 0.25) is 11.8 Å². The molecule has 0 aliphatic heterocycles. The Bertz CT molecular complexity index is 904. The first-order valence-electron chi connectivity index (χ1n) is 9.10. The summed E-state index contributed by atoms with van der Waals surface area (Å²) < 4.78 is 29.3. The normalized spacial score (nSPS) is 10.4. The average Bonchev–Trinajstić information content (AvgIpc) is 2.75. The largest absolute Gasteiger partial charge is 0.491 e. The second kappa shape index (κ2) is 10.8. The number of hydrogen-bond donors (Lipinski definition) is 1. The van der Waals surface area contributed by atoms with Gasteiger partial charge in [-0.3, -0.25) is 4.79 Å². The molecular weight excluding hydrogens is 375 g/mol. The van der Waals surface area contributed by atoms with Crippen LogP contribution < -0.4 is 14.8 Å². The van der Waals surface area contributed by atoms with Gasteiger partial charge in [-0.15, -0.1) is 0 Å². The zero-order chi connectivity index (χ0) is 20.3. The van der Waals surface area contributed by atoms with Crippen molar-refractivity contribution in [3.8, 4) is 17.4 Å². The number of pyridine rings is 1. The summed E-state index contributed by atoms with van der Waals surface area (Å²) >= 11 is 0. The van der Waals surface area contributed by atoms with Crippen LogP contribution >= 0.6 is 0 Å². The first kappa shape index (κ1) is 20.3. The monoisotopic (exact) mass is 396 g/mol.